The zero-order valence-electron chi connectivity index (χ0n) is 14.3. The Labute approximate surface area is 157 Å². The summed E-state index contributed by atoms with van der Waals surface area (Å²) >= 11 is 3.94. The van der Waals surface area contributed by atoms with Gasteiger partial charge in [0.15, 0.2) is 0 Å². The molecule has 3 aliphatic rings. The van der Waals surface area contributed by atoms with Gasteiger partial charge in [-0.2, -0.15) is 0 Å². The molecule has 2 saturated heterocycles. The minimum absolute atomic E-state index is 0.0529. The Kier molecular flexibility index (Phi) is 5.27. The van der Waals surface area contributed by atoms with E-state index < -0.39 is 0 Å². The Hall–Kier alpha value is -1.14. The lowest BCUT2D eigenvalue weighted by atomic mass is 9.96. The second-order valence-electron chi connectivity index (χ2n) is 7.09. The van der Waals surface area contributed by atoms with E-state index in [1.807, 2.05) is 40.6 Å². The van der Waals surface area contributed by atoms with Gasteiger partial charge in [0, 0.05) is 36.2 Å². The average Bonchev–Trinajstić information content (AvgIpc) is 3.35. The second-order valence-corrected chi connectivity index (χ2v) is 9.81. The number of hydrogen-bond acceptors (Lipinski definition) is 4. The van der Waals surface area contributed by atoms with E-state index in [9.17, 15) is 9.59 Å². The summed E-state index contributed by atoms with van der Waals surface area (Å²) in [6.07, 6.45) is 3.84. The van der Waals surface area contributed by atoms with Crippen LogP contribution in [-0.2, 0) is 9.59 Å². The molecule has 1 aliphatic carbocycles. The molecule has 6 heteroatoms. The van der Waals surface area contributed by atoms with E-state index in [0.29, 0.717) is 11.1 Å². The summed E-state index contributed by atoms with van der Waals surface area (Å²) < 4.78 is 0.484. The number of anilines is 1. The van der Waals surface area contributed by atoms with Crippen molar-refractivity contribution in [2.24, 2.45) is 11.8 Å². The third-order valence-corrected chi connectivity index (χ3v) is 8.18. The average molecular weight is 377 g/mol. The quantitative estimate of drug-likeness (QED) is 0.869. The summed E-state index contributed by atoms with van der Waals surface area (Å²) in [5, 5.41) is 3.08. The summed E-state index contributed by atoms with van der Waals surface area (Å²) in [6.45, 7) is 1.39. The van der Waals surface area contributed by atoms with Gasteiger partial charge in [0.2, 0.25) is 11.8 Å². The number of nitrogens with zero attached hydrogens (tertiary/aromatic N) is 1. The van der Waals surface area contributed by atoms with Crippen LogP contribution in [0.5, 0.6) is 0 Å². The molecule has 0 radical (unpaired) electrons. The van der Waals surface area contributed by atoms with Gasteiger partial charge in [-0.25, -0.2) is 0 Å². The highest BCUT2D eigenvalue weighted by atomic mass is 32.2. The number of likely N-dealkylation sites (tertiary alicyclic amines) is 1. The van der Waals surface area contributed by atoms with Crippen LogP contribution in [0.2, 0.25) is 0 Å². The van der Waals surface area contributed by atoms with Gasteiger partial charge in [-0.15, -0.1) is 23.5 Å². The van der Waals surface area contributed by atoms with Gasteiger partial charge in [0.1, 0.15) is 0 Å². The van der Waals surface area contributed by atoms with Crippen LogP contribution in [0.4, 0.5) is 5.69 Å². The molecule has 0 unspecified atom stereocenters. The topological polar surface area (TPSA) is 49.4 Å². The number of nitrogens with one attached hydrogen (secondary N) is 1. The van der Waals surface area contributed by atoms with E-state index in [4.69, 9.17) is 0 Å². The number of hydrogen-bond donors (Lipinski definition) is 1. The van der Waals surface area contributed by atoms with E-state index >= 15 is 0 Å². The lowest BCUT2D eigenvalue weighted by Crippen LogP contribution is -2.44. The van der Waals surface area contributed by atoms with E-state index in [-0.39, 0.29) is 23.7 Å². The van der Waals surface area contributed by atoms with Crippen molar-refractivity contribution in [2.45, 2.75) is 30.3 Å². The molecule has 1 N–H and O–H groups in total. The zero-order chi connectivity index (χ0) is 17.2. The van der Waals surface area contributed by atoms with Crippen molar-refractivity contribution in [2.75, 3.05) is 29.9 Å². The predicted molar refractivity (Wildman–Crippen MR) is 105 cm³/mol. The van der Waals surface area contributed by atoms with Gasteiger partial charge < -0.3 is 10.2 Å². The number of piperidine rings is 1. The number of carbonyl (C=O) groups excluding carboxylic acids is 2. The summed E-state index contributed by atoms with van der Waals surface area (Å²) in [5.41, 5.74) is 2.15. The van der Waals surface area contributed by atoms with Crippen LogP contribution >= 0.6 is 23.5 Å². The number of carbonyl (C=O) groups is 2. The molecule has 3 fully saturated rings. The maximum atomic E-state index is 12.7. The summed E-state index contributed by atoms with van der Waals surface area (Å²) in [6, 6.07) is 8.22. The lowest BCUT2D eigenvalue weighted by molar-refractivity contribution is -0.135. The Balaban J connectivity index is 1.37. The molecule has 4 rings (SSSR count). The van der Waals surface area contributed by atoms with Gasteiger partial charge >= 0.3 is 0 Å². The van der Waals surface area contributed by atoms with Gasteiger partial charge in [-0.3, -0.25) is 9.59 Å². The van der Waals surface area contributed by atoms with Crippen LogP contribution in [-0.4, -0.2) is 41.3 Å². The van der Waals surface area contributed by atoms with Crippen molar-refractivity contribution in [1.82, 2.24) is 4.90 Å². The maximum Gasteiger partial charge on any atom is 0.229 e. The molecule has 0 aromatic heterocycles. The molecule has 2 aliphatic heterocycles. The number of amides is 2. The van der Waals surface area contributed by atoms with Crippen LogP contribution in [0.1, 0.15) is 35.8 Å². The van der Waals surface area contributed by atoms with Crippen molar-refractivity contribution in [1.29, 1.82) is 0 Å². The normalized spacial score (nSPS) is 24.3. The first-order valence-electron chi connectivity index (χ1n) is 9.13. The molecule has 1 aromatic rings. The van der Waals surface area contributed by atoms with Gasteiger partial charge in [-0.05, 0) is 43.4 Å². The van der Waals surface area contributed by atoms with Gasteiger partial charge in [0.05, 0.1) is 10.5 Å². The smallest absolute Gasteiger partial charge is 0.229 e. The lowest BCUT2D eigenvalue weighted by Gasteiger charge is -2.32. The molecule has 134 valence electrons. The molecule has 0 spiro atoms. The molecule has 2 heterocycles. The highest BCUT2D eigenvalue weighted by Crippen LogP contribution is 2.45. The summed E-state index contributed by atoms with van der Waals surface area (Å²) in [5.74, 6) is 2.85. The molecule has 4 nitrogen and oxygen atoms in total. The molecule has 0 bridgehead atoms. The van der Waals surface area contributed by atoms with Crippen molar-refractivity contribution < 1.29 is 9.59 Å². The zero-order valence-corrected chi connectivity index (χ0v) is 15.9. The van der Waals surface area contributed by atoms with Crippen LogP contribution < -0.4 is 5.32 Å². The Morgan fingerprint density at radius 2 is 1.88 bits per heavy atom. The predicted octanol–water partition coefficient (Wildman–Crippen LogP) is 3.75. The van der Waals surface area contributed by atoms with Gasteiger partial charge in [-0.1, -0.05) is 12.1 Å². The largest absolute Gasteiger partial charge is 0.342 e. The fourth-order valence-corrected chi connectivity index (χ4v) is 6.38. The molecule has 1 saturated carbocycles. The molecule has 1 aromatic carbocycles. The first-order chi connectivity index (χ1) is 12.2. The highest BCUT2D eigenvalue weighted by Gasteiger charge is 2.36. The Morgan fingerprint density at radius 3 is 2.64 bits per heavy atom. The summed E-state index contributed by atoms with van der Waals surface area (Å²) in [4.78, 5) is 26.9. The third kappa shape index (κ3) is 4.17. The van der Waals surface area contributed by atoms with Crippen molar-refractivity contribution in [3.05, 3.63) is 29.8 Å². The molecule has 2 amide bonds. The van der Waals surface area contributed by atoms with Crippen molar-refractivity contribution >= 4 is 41.0 Å². The van der Waals surface area contributed by atoms with Crippen molar-refractivity contribution in [3.8, 4) is 0 Å². The van der Waals surface area contributed by atoms with Crippen LogP contribution in [0, 0.1) is 11.8 Å². The van der Waals surface area contributed by atoms with E-state index in [0.717, 1.165) is 37.9 Å². The Morgan fingerprint density at radius 1 is 1.08 bits per heavy atom. The highest BCUT2D eigenvalue weighted by molar-refractivity contribution is 8.19. The SMILES string of the molecule is O=C(Nc1cccc(C2SCCS2)c1)[C@@H]1CCCN(C(=O)C2CC2)C1. The standard InChI is InChI=1S/C19H24N2O2S2/c22-17(15-4-2-8-21(12-15)18(23)13-6-7-13)20-16-5-1-3-14(11-16)19-24-9-10-25-19/h1,3,5,11,13,15,19H,2,4,6-10,12H2,(H,20,22)/t15-/m1/s1. The van der Waals surface area contributed by atoms with E-state index in [1.165, 1.54) is 17.1 Å². The fourth-order valence-electron chi connectivity index (χ4n) is 3.54. The number of rotatable bonds is 4. The number of thioether (sulfide) groups is 2. The molecular formula is C19H24N2O2S2. The minimum Gasteiger partial charge on any atom is -0.342 e. The van der Waals surface area contributed by atoms with E-state index in [2.05, 4.69) is 17.4 Å². The van der Waals surface area contributed by atoms with E-state index in [1.54, 1.807) is 0 Å². The molecule has 25 heavy (non-hydrogen) atoms. The minimum atomic E-state index is -0.0877. The second kappa shape index (κ2) is 7.62. The summed E-state index contributed by atoms with van der Waals surface area (Å²) in [7, 11) is 0. The Bertz CT molecular complexity index is 657. The number of benzene rings is 1. The first-order valence-corrected chi connectivity index (χ1v) is 11.2. The maximum absolute atomic E-state index is 12.7. The van der Waals surface area contributed by atoms with Crippen molar-refractivity contribution in [3.63, 3.8) is 0 Å². The first kappa shape index (κ1) is 17.3. The van der Waals surface area contributed by atoms with Crippen LogP contribution in [0.3, 0.4) is 0 Å². The molecule has 1 atom stereocenters. The van der Waals surface area contributed by atoms with Crippen LogP contribution in [0.25, 0.3) is 0 Å². The van der Waals surface area contributed by atoms with Gasteiger partial charge in [0.25, 0.3) is 0 Å². The fraction of sp³-hybridized carbons (Fsp3) is 0.579. The third-order valence-electron chi connectivity index (χ3n) is 5.08. The molecular weight excluding hydrogens is 352 g/mol. The monoisotopic (exact) mass is 376 g/mol. The van der Waals surface area contributed by atoms with Crippen LogP contribution in [0.15, 0.2) is 24.3 Å².